The van der Waals surface area contributed by atoms with E-state index in [1.54, 1.807) is 0 Å². The molecule has 3 unspecified atom stereocenters. The maximum Gasteiger partial charge on any atom is 0.223 e. The molecule has 5 nitrogen and oxygen atoms in total. The van der Waals surface area contributed by atoms with Crippen molar-refractivity contribution < 1.29 is 9.90 Å². The summed E-state index contributed by atoms with van der Waals surface area (Å²) in [5.41, 5.74) is 3.04. The van der Waals surface area contributed by atoms with Crippen molar-refractivity contribution in [2.75, 3.05) is 0 Å². The number of benzene rings is 1. The summed E-state index contributed by atoms with van der Waals surface area (Å²) in [6.07, 6.45) is 7.71. The Bertz CT molecular complexity index is 930. The van der Waals surface area contributed by atoms with Crippen LogP contribution in [0.25, 0.3) is 10.9 Å². The summed E-state index contributed by atoms with van der Waals surface area (Å²) in [5, 5.41) is 19.8. The molecule has 1 amide bonds. The zero-order chi connectivity index (χ0) is 19.0. The van der Waals surface area contributed by atoms with E-state index < -0.39 is 5.60 Å². The molecule has 2 aliphatic heterocycles. The first kappa shape index (κ1) is 17.0. The molecule has 0 spiro atoms. The SMILES string of the molecule is CC(CC(=O)N1C2CC3CC1CC(O)(C3)C2)c1[nH]nc2cccc(C3CC3)c12. The maximum absolute atomic E-state index is 13.3. The molecule has 2 aromatic rings. The lowest BCUT2D eigenvalue weighted by atomic mass is 9.61. The van der Waals surface area contributed by atoms with Gasteiger partial charge in [0.1, 0.15) is 0 Å². The predicted octanol–water partition coefficient (Wildman–Crippen LogP) is 3.84. The molecule has 3 atom stereocenters. The molecule has 3 saturated carbocycles. The summed E-state index contributed by atoms with van der Waals surface area (Å²) >= 11 is 0. The molecule has 3 aliphatic carbocycles. The van der Waals surface area contributed by atoms with Crippen molar-refractivity contribution in [2.45, 2.75) is 87.8 Å². The van der Waals surface area contributed by atoms with Crippen LogP contribution in [0.5, 0.6) is 0 Å². The number of aromatic amines is 1. The summed E-state index contributed by atoms with van der Waals surface area (Å²) in [5.74, 6) is 1.66. The lowest BCUT2D eigenvalue weighted by molar-refractivity contribution is -0.174. The van der Waals surface area contributed by atoms with Gasteiger partial charge in [-0.1, -0.05) is 19.1 Å². The quantitative estimate of drug-likeness (QED) is 0.848. The van der Waals surface area contributed by atoms with E-state index in [1.807, 2.05) is 0 Å². The summed E-state index contributed by atoms with van der Waals surface area (Å²) in [4.78, 5) is 15.5. The third-order valence-corrected chi connectivity index (χ3v) is 7.82. The average Bonchev–Trinajstić information content (AvgIpc) is 3.37. The highest BCUT2D eigenvalue weighted by Crippen LogP contribution is 2.52. The standard InChI is InChI=1S/C23H29N3O2/c1-13(22-21-18(15-5-6-15)3-2-4-19(21)24-25-22)7-20(27)26-16-8-14-9-17(26)12-23(28,10-14)11-16/h2-4,13-17,28H,5-12H2,1H3,(H,24,25). The van der Waals surface area contributed by atoms with Gasteiger partial charge in [0, 0.05) is 35.5 Å². The van der Waals surface area contributed by atoms with Crippen molar-refractivity contribution in [2.24, 2.45) is 5.92 Å². The van der Waals surface area contributed by atoms with Gasteiger partial charge in [0.15, 0.2) is 0 Å². The van der Waals surface area contributed by atoms with E-state index in [0.717, 1.165) is 43.3 Å². The second-order valence-electron chi connectivity index (χ2n) is 10.0. The number of hydrogen-bond acceptors (Lipinski definition) is 3. The van der Waals surface area contributed by atoms with Gasteiger partial charge < -0.3 is 10.0 Å². The minimum absolute atomic E-state index is 0.123. The highest BCUT2D eigenvalue weighted by molar-refractivity contribution is 5.87. The number of carbonyl (C=O) groups excluding carboxylic acids is 1. The second-order valence-corrected chi connectivity index (χ2v) is 10.0. The normalized spacial score (nSPS) is 34.9. The van der Waals surface area contributed by atoms with E-state index in [2.05, 4.69) is 40.2 Å². The van der Waals surface area contributed by atoms with Crippen LogP contribution in [0.2, 0.25) is 0 Å². The topological polar surface area (TPSA) is 69.2 Å². The van der Waals surface area contributed by atoms with E-state index in [9.17, 15) is 9.90 Å². The Hall–Kier alpha value is -1.88. The van der Waals surface area contributed by atoms with Gasteiger partial charge in [0.05, 0.1) is 11.1 Å². The minimum Gasteiger partial charge on any atom is -0.390 e. The first-order valence-corrected chi connectivity index (χ1v) is 11.0. The van der Waals surface area contributed by atoms with Crippen LogP contribution in [0.3, 0.4) is 0 Å². The van der Waals surface area contributed by atoms with Gasteiger partial charge >= 0.3 is 0 Å². The van der Waals surface area contributed by atoms with Crippen molar-refractivity contribution in [3.63, 3.8) is 0 Å². The number of aromatic nitrogens is 2. The van der Waals surface area contributed by atoms with Crippen LogP contribution in [0, 0.1) is 5.92 Å². The number of hydrogen-bond donors (Lipinski definition) is 2. The lowest BCUT2D eigenvalue weighted by Crippen LogP contribution is -2.65. The molecule has 148 valence electrons. The monoisotopic (exact) mass is 379 g/mol. The van der Waals surface area contributed by atoms with Gasteiger partial charge in [0.2, 0.25) is 5.91 Å². The van der Waals surface area contributed by atoms with Gasteiger partial charge in [0.25, 0.3) is 0 Å². The van der Waals surface area contributed by atoms with Gasteiger partial charge in [-0.25, -0.2) is 0 Å². The molecule has 5 heteroatoms. The fraction of sp³-hybridized carbons (Fsp3) is 0.652. The molecule has 1 aromatic heterocycles. The van der Waals surface area contributed by atoms with E-state index in [1.165, 1.54) is 23.8 Å². The molecule has 2 saturated heterocycles. The molecule has 1 aromatic carbocycles. The zero-order valence-corrected chi connectivity index (χ0v) is 16.5. The fourth-order valence-corrected chi connectivity index (χ4v) is 6.67. The van der Waals surface area contributed by atoms with Gasteiger partial charge in [-0.15, -0.1) is 0 Å². The van der Waals surface area contributed by atoms with Gasteiger partial charge in [-0.3, -0.25) is 9.89 Å². The Morgan fingerprint density at radius 2 is 2.04 bits per heavy atom. The third-order valence-electron chi connectivity index (χ3n) is 7.82. The number of rotatable bonds is 4. The van der Waals surface area contributed by atoms with Crippen LogP contribution < -0.4 is 0 Å². The number of piperidine rings is 2. The van der Waals surface area contributed by atoms with Crippen LogP contribution in [0.15, 0.2) is 18.2 Å². The van der Waals surface area contributed by atoms with Crippen LogP contribution in [-0.4, -0.2) is 43.8 Å². The summed E-state index contributed by atoms with van der Waals surface area (Å²) in [7, 11) is 0. The molecule has 0 radical (unpaired) electrons. The zero-order valence-electron chi connectivity index (χ0n) is 16.5. The summed E-state index contributed by atoms with van der Waals surface area (Å²) in [6, 6.07) is 6.89. The molecule has 4 bridgehead atoms. The largest absolute Gasteiger partial charge is 0.390 e. The number of aliphatic hydroxyl groups is 1. The molecule has 2 N–H and O–H groups in total. The summed E-state index contributed by atoms with van der Waals surface area (Å²) in [6.45, 7) is 2.15. The number of amides is 1. The van der Waals surface area contributed by atoms with E-state index in [0.29, 0.717) is 18.3 Å². The highest BCUT2D eigenvalue weighted by Gasteiger charge is 2.55. The number of H-pyrrole nitrogens is 1. The van der Waals surface area contributed by atoms with E-state index in [-0.39, 0.29) is 23.9 Å². The molecular weight excluding hydrogens is 350 g/mol. The minimum atomic E-state index is -0.502. The van der Waals surface area contributed by atoms with Crippen LogP contribution in [0.4, 0.5) is 0 Å². The molecule has 7 rings (SSSR count). The van der Waals surface area contributed by atoms with Gasteiger partial charge in [-0.05, 0) is 68.4 Å². The molecular formula is C23H29N3O2. The number of nitrogens with one attached hydrogen (secondary N) is 1. The number of carbonyl (C=O) groups is 1. The van der Waals surface area contributed by atoms with Gasteiger partial charge in [-0.2, -0.15) is 5.10 Å². The van der Waals surface area contributed by atoms with Crippen molar-refractivity contribution >= 4 is 16.8 Å². The average molecular weight is 380 g/mol. The first-order chi connectivity index (χ1) is 13.5. The Kier molecular flexibility index (Phi) is 3.54. The Morgan fingerprint density at radius 3 is 2.71 bits per heavy atom. The van der Waals surface area contributed by atoms with Crippen molar-refractivity contribution in [1.29, 1.82) is 0 Å². The van der Waals surface area contributed by atoms with Crippen LogP contribution >= 0.6 is 0 Å². The molecule has 5 aliphatic rings. The molecule has 5 fully saturated rings. The summed E-state index contributed by atoms with van der Waals surface area (Å²) < 4.78 is 0. The molecule has 28 heavy (non-hydrogen) atoms. The smallest absolute Gasteiger partial charge is 0.223 e. The predicted molar refractivity (Wildman–Crippen MR) is 107 cm³/mol. The Morgan fingerprint density at radius 1 is 1.29 bits per heavy atom. The third kappa shape index (κ3) is 2.55. The maximum atomic E-state index is 13.3. The van der Waals surface area contributed by atoms with Crippen LogP contribution in [-0.2, 0) is 4.79 Å². The van der Waals surface area contributed by atoms with Crippen LogP contribution in [0.1, 0.15) is 81.4 Å². The Labute approximate surface area is 165 Å². The highest BCUT2D eigenvalue weighted by atomic mass is 16.3. The van der Waals surface area contributed by atoms with Crippen molar-refractivity contribution in [3.05, 3.63) is 29.5 Å². The lowest BCUT2D eigenvalue weighted by Gasteiger charge is -2.59. The van der Waals surface area contributed by atoms with E-state index >= 15 is 0 Å². The van der Waals surface area contributed by atoms with Crippen molar-refractivity contribution in [1.82, 2.24) is 15.1 Å². The number of nitrogens with zero attached hydrogens (tertiary/aromatic N) is 2. The van der Waals surface area contributed by atoms with E-state index in [4.69, 9.17) is 0 Å². The first-order valence-electron chi connectivity index (χ1n) is 11.0. The Balaban J connectivity index is 1.25. The second kappa shape index (κ2) is 5.82. The van der Waals surface area contributed by atoms with Crippen molar-refractivity contribution in [3.8, 4) is 0 Å². The fourth-order valence-electron chi connectivity index (χ4n) is 6.67. The number of fused-ring (bicyclic) bond motifs is 1. The molecule has 3 heterocycles.